The first-order chi connectivity index (χ1) is 9.28. The molecule has 2 aromatic rings. The quantitative estimate of drug-likeness (QED) is 0.808. The van der Waals surface area contributed by atoms with Crippen molar-refractivity contribution in [2.45, 2.75) is 32.1 Å². The molecular formula is C18H18O. The van der Waals surface area contributed by atoms with E-state index < -0.39 is 0 Å². The van der Waals surface area contributed by atoms with E-state index in [0.29, 0.717) is 12.2 Å². The SMILES string of the molecule is CCc1ccc(CC(=O)C2Cc3ccccc32)cc1. The van der Waals surface area contributed by atoms with Crippen molar-refractivity contribution in [1.82, 2.24) is 0 Å². The Kier molecular flexibility index (Phi) is 3.20. The van der Waals surface area contributed by atoms with Crippen LogP contribution in [0.1, 0.15) is 35.1 Å². The fourth-order valence-electron chi connectivity index (χ4n) is 2.76. The molecule has 1 aliphatic carbocycles. The molecule has 0 fully saturated rings. The van der Waals surface area contributed by atoms with Crippen LogP contribution in [0.4, 0.5) is 0 Å². The van der Waals surface area contributed by atoms with Gasteiger partial charge in [0.1, 0.15) is 5.78 Å². The van der Waals surface area contributed by atoms with Gasteiger partial charge in [-0.3, -0.25) is 4.79 Å². The van der Waals surface area contributed by atoms with Crippen molar-refractivity contribution in [2.75, 3.05) is 0 Å². The second kappa shape index (κ2) is 5.00. The Labute approximate surface area is 114 Å². The molecular weight excluding hydrogens is 232 g/mol. The highest BCUT2D eigenvalue weighted by Crippen LogP contribution is 2.36. The molecule has 0 aliphatic heterocycles. The molecule has 3 rings (SSSR count). The van der Waals surface area contributed by atoms with Crippen LogP contribution in [0.3, 0.4) is 0 Å². The van der Waals surface area contributed by atoms with Crippen LogP contribution >= 0.6 is 0 Å². The maximum atomic E-state index is 12.3. The maximum absolute atomic E-state index is 12.3. The van der Waals surface area contributed by atoms with Crippen LogP contribution in [0, 0.1) is 0 Å². The topological polar surface area (TPSA) is 17.1 Å². The smallest absolute Gasteiger partial charge is 0.145 e. The van der Waals surface area contributed by atoms with Gasteiger partial charge in [0, 0.05) is 12.3 Å². The molecule has 0 saturated heterocycles. The van der Waals surface area contributed by atoms with Gasteiger partial charge in [-0.2, -0.15) is 0 Å². The molecule has 19 heavy (non-hydrogen) atoms. The van der Waals surface area contributed by atoms with E-state index in [4.69, 9.17) is 0 Å². The summed E-state index contributed by atoms with van der Waals surface area (Å²) in [6, 6.07) is 16.7. The average molecular weight is 250 g/mol. The molecule has 1 heteroatoms. The third-order valence-corrected chi connectivity index (χ3v) is 4.05. The Morgan fingerprint density at radius 2 is 1.74 bits per heavy atom. The van der Waals surface area contributed by atoms with Gasteiger partial charge in [-0.25, -0.2) is 0 Å². The summed E-state index contributed by atoms with van der Waals surface area (Å²) in [6.07, 6.45) is 2.52. The van der Waals surface area contributed by atoms with Gasteiger partial charge < -0.3 is 0 Å². The lowest BCUT2D eigenvalue weighted by molar-refractivity contribution is -0.120. The van der Waals surface area contributed by atoms with Gasteiger partial charge >= 0.3 is 0 Å². The van der Waals surface area contributed by atoms with E-state index in [1.807, 2.05) is 12.1 Å². The molecule has 1 atom stereocenters. The summed E-state index contributed by atoms with van der Waals surface area (Å²) in [5.41, 5.74) is 5.02. The Morgan fingerprint density at radius 1 is 1.05 bits per heavy atom. The molecule has 0 bridgehead atoms. The van der Waals surface area contributed by atoms with Gasteiger partial charge in [0.15, 0.2) is 0 Å². The summed E-state index contributed by atoms with van der Waals surface area (Å²) in [5, 5.41) is 0. The van der Waals surface area contributed by atoms with Crippen LogP contribution in [0.25, 0.3) is 0 Å². The minimum atomic E-state index is 0.127. The maximum Gasteiger partial charge on any atom is 0.145 e. The fourth-order valence-corrected chi connectivity index (χ4v) is 2.76. The first-order valence-electron chi connectivity index (χ1n) is 6.96. The van der Waals surface area contributed by atoms with Crippen molar-refractivity contribution < 1.29 is 4.79 Å². The molecule has 0 N–H and O–H groups in total. The van der Waals surface area contributed by atoms with E-state index >= 15 is 0 Å². The van der Waals surface area contributed by atoms with E-state index in [2.05, 4.69) is 43.3 Å². The number of fused-ring (bicyclic) bond motifs is 1. The van der Waals surface area contributed by atoms with Crippen LogP contribution in [0.2, 0.25) is 0 Å². The molecule has 0 saturated carbocycles. The zero-order chi connectivity index (χ0) is 13.2. The van der Waals surface area contributed by atoms with Crippen LogP contribution in [-0.2, 0) is 24.1 Å². The van der Waals surface area contributed by atoms with Gasteiger partial charge in [-0.15, -0.1) is 0 Å². The first-order valence-corrected chi connectivity index (χ1v) is 6.96. The summed E-state index contributed by atoms with van der Waals surface area (Å²) < 4.78 is 0. The van der Waals surface area contributed by atoms with E-state index in [9.17, 15) is 4.79 Å². The minimum absolute atomic E-state index is 0.127. The van der Waals surface area contributed by atoms with E-state index in [1.165, 1.54) is 16.7 Å². The van der Waals surface area contributed by atoms with E-state index in [0.717, 1.165) is 18.4 Å². The fraction of sp³-hybridized carbons (Fsp3) is 0.278. The van der Waals surface area contributed by atoms with Crippen molar-refractivity contribution in [2.24, 2.45) is 0 Å². The lowest BCUT2D eigenvalue weighted by atomic mass is 9.74. The monoisotopic (exact) mass is 250 g/mol. The Balaban J connectivity index is 1.69. The standard InChI is InChI=1S/C18H18O/c1-2-13-7-9-14(10-8-13)11-18(19)17-12-15-5-3-4-6-16(15)17/h3-10,17H,2,11-12H2,1H3. The van der Waals surface area contributed by atoms with Crippen LogP contribution in [0.15, 0.2) is 48.5 Å². The predicted molar refractivity (Wildman–Crippen MR) is 77.4 cm³/mol. The molecule has 1 nitrogen and oxygen atoms in total. The van der Waals surface area contributed by atoms with Gasteiger partial charge in [0.25, 0.3) is 0 Å². The van der Waals surface area contributed by atoms with Gasteiger partial charge in [0.2, 0.25) is 0 Å². The number of benzene rings is 2. The Hall–Kier alpha value is -1.89. The van der Waals surface area contributed by atoms with Crippen LogP contribution in [-0.4, -0.2) is 5.78 Å². The number of carbonyl (C=O) groups is 1. The Bertz CT molecular complexity index is 595. The molecule has 96 valence electrons. The second-order valence-corrected chi connectivity index (χ2v) is 5.27. The number of carbonyl (C=O) groups excluding carboxylic acids is 1. The lowest BCUT2D eigenvalue weighted by Gasteiger charge is -2.28. The Morgan fingerprint density at radius 3 is 2.42 bits per heavy atom. The van der Waals surface area contributed by atoms with Crippen molar-refractivity contribution in [1.29, 1.82) is 0 Å². The second-order valence-electron chi connectivity index (χ2n) is 5.27. The molecule has 0 spiro atoms. The normalized spacial score (nSPS) is 16.6. The molecule has 0 amide bonds. The van der Waals surface area contributed by atoms with Crippen LogP contribution in [0.5, 0.6) is 0 Å². The van der Waals surface area contributed by atoms with Crippen LogP contribution < -0.4 is 0 Å². The van der Waals surface area contributed by atoms with Crippen molar-refractivity contribution in [3.05, 3.63) is 70.8 Å². The molecule has 1 aliphatic rings. The number of aryl methyl sites for hydroxylation is 1. The number of hydrogen-bond acceptors (Lipinski definition) is 1. The largest absolute Gasteiger partial charge is 0.299 e. The van der Waals surface area contributed by atoms with Crippen molar-refractivity contribution >= 4 is 5.78 Å². The van der Waals surface area contributed by atoms with E-state index in [-0.39, 0.29) is 5.92 Å². The van der Waals surface area contributed by atoms with Crippen molar-refractivity contribution in [3.63, 3.8) is 0 Å². The van der Waals surface area contributed by atoms with Gasteiger partial charge in [-0.1, -0.05) is 55.5 Å². The third kappa shape index (κ3) is 2.33. The number of rotatable bonds is 4. The molecule has 0 aromatic heterocycles. The third-order valence-electron chi connectivity index (χ3n) is 4.05. The van der Waals surface area contributed by atoms with Gasteiger partial charge in [-0.05, 0) is 35.1 Å². The molecule has 2 aromatic carbocycles. The zero-order valence-corrected chi connectivity index (χ0v) is 11.2. The number of hydrogen-bond donors (Lipinski definition) is 0. The lowest BCUT2D eigenvalue weighted by Crippen LogP contribution is -2.26. The van der Waals surface area contributed by atoms with Gasteiger partial charge in [0.05, 0.1) is 0 Å². The summed E-state index contributed by atoms with van der Waals surface area (Å²) in [7, 11) is 0. The highest BCUT2D eigenvalue weighted by atomic mass is 16.1. The highest BCUT2D eigenvalue weighted by Gasteiger charge is 2.31. The van der Waals surface area contributed by atoms with E-state index in [1.54, 1.807) is 0 Å². The predicted octanol–water partition coefficient (Wildman–Crippen LogP) is 3.70. The molecule has 0 radical (unpaired) electrons. The summed E-state index contributed by atoms with van der Waals surface area (Å²) >= 11 is 0. The summed E-state index contributed by atoms with van der Waals surface area (Å²) in [5.74, 6) is 0.477. The minimum Gasteiger partial charge on any atom is -0.299 e. The number of ketones is 1. The highest BCUT2D eigenvalue weighted by molar-refractivity contribution is 5.90. The zero-order valence-electron chi connectivity index (χ0n) is 11.2. The number of Topliss-reactive ketones (excluding diaryl/α,β-unsaturated/α-hetero) is 1. The average Bonchev–Trinajstić information content (AvgIpc) is 2.41. The summed E-state index contributed by atoms with van der Waals surface area (Å²) in [4.78, 5) is 12.3. The molecule has 0 heterocycles. The van der Waals surface area contributed by atoms with Crippen molar-refractivity contribution in [3.8, 4) is 0 Å². The molecule has 1 unspecified atom stereocenters. The first kappa shape index (κ1) is 12.2. The summed E-state index contributed by atoms with van der Waals surface area (Å²) in [6.45, 7) is 2.14.